The van der Waals surface area contributed by atoms with Crippen LogP contribution in [0.25, 0.3) is 0 Å². The SMILES string of the molecule is C#CCC(C)(O)CCNC. The third-order valence-corrected chi connectivity index (χ3v) is 1.40. The van der Waals surface area contributed by atoms with Gasteiger partial charge in [0.05, 0.1) is 5.60 Å². The molecule has 0 radical (unpaired) electrons. The summed E-state index contributed by atoms with van der Waals surface area (Å²) in [5.74, 6) is 2.44. The van der Waals surface area contributed by atoms with Gasteiger partial charge in [0.25, 0.3) is 0 Å². The van der Waals surface area contributed by atoms with Gasteiger partial charge in [0.2, 0.25) is 0 Å². The van der Waals surface area contributed by atoms with Crippen LogP contribution in [0.4, 0.5) is 0 Å². The smallest absolute Gasteiger partial charge is 0.0740 e. The van der Waals surface area contributed by atoms with Gasteiger partial charge in [0.1, 0.15) is 0 Å². The first-order valence-electron chi connectivity index (χ1n) is 3.43. The van der Waals surface area contributed by atoms with Gasteiger partial charge in [0, 0.05) is 6.42 Å². The quantitative estimate of drug-likeness (QED) is 0.554. The summed E-state index contributed by atoms with van der Waals surface area (Å²) in [6.07, 6.45) is 6.18. The van der Waals surface area contributed by atoms with Gasteiger partial charge in [0.15, 0.2) is 0 Å². The Morgan fingerprint density at radius 2 is 2.30 bits per heavy atom. The highest BCUT2D eigenvalue weighted by Crippen LogP contribution is 2.11. The molecule has 0 aliphatic carbocycles. The third-order valence-electron chi connectivity index (χ3n) is 1.40. The van der Waals surface area contributed by atoms with E-state index in [2.05, 4.69) is 11.2 Å². The Kier molecular flexibility index (Phi) is 4.10. The van der Waals surface area contributed by atoms with E-state index in [0.29, 0.717) is 12.8 Å². The molecular weight excluding hydrogens is 126 g/mol. The van der Waals surface area contributed by atoms with E-state index < -0.39 is 5.60 Å². The lowest BCUT2D eigenvalue weighted by Crippen LogP contribution is -2.28. The summed E-state index contributed by atoms with van der Waals surface area (Å²) >= 11 is 0. The van der Waals surface area contributed by atoms with Crippen molar-refractivity contribution in [3.8, 4) is 12.3 Å². The molecule has 0 aromatic carbocycles. The highest BCUT2D eigenvalue weighted by Gasteiger charge is 2.17. The van der Waals surface area contributed by atoms with Crippen molar-refractivity contribution in [2.75, 3.05) is 13.6 Å². The summed E-state index contributed by atoms with van der Waals surface area (Å²) in [6, 6.07) is 0. The number of terminal acetylenes is 1. The summed E-state index contributed by atoms with van der Waals surface area (Å²) in [5.41, 5.74) is -0.697. The van der Waals surface area contributed by atoms with Crippen LogP contribution >= 0.6 is 0 Å². The molecule has 58 valence electrons. The summed E-state index contributed by atoms with van der Waals surface area (Å²) < 4.78 is 0. The van der Waals surface area contributed by atoms with Crippen molar-refractivity contribution in [1.82, 2.24) is 5.32 Å². The molecule has 0 bridgehead atoms. The second-order valence-corrected chi connectivity index (χ2v) is 2.73. The van der Waals surface area contributed by atoms with Crippen LogP contribution in [0, 0.1) is 12.3 Å². The van der Waals surface area contributed by atoms with E-state index in [9.17, 15) is 5.11 Å². The van der Waals surface area contributed by atoms with Crippen molar-refractivity contribution < 1.29 is 5.11 Å². The minimum atomic E-state index is -0.697. The Hall–Kier alpha value is -0.520. The fourth-order valence-corrected chi connectivity index (χ4v) is 0.703. The second-order valence-electron chi connectivity index (χ2n) is 2.73. The molecule has 0 saturated carbocycles. The Labute approximate surface area is 62.6 Å². The van der Waals surface area contributed by atoms with Crippen LogP contribution in [0.3, 0.4) is 0 Å². The van der Waals surface area contributed by atoms with Gasteiger partial charge in [-0.1, -0.05) is 0 Å². The van der Waals surface area contributed by atoms with Crippen LogP contribution in [0.5, 0.6) is 0 Å². The van der Waals surface area contributed by atoms with Gasteiger partial charge < -0.3 is 10.4 Å². The van der Waals surface area contributed by atoms with Crippen molar-refractivity contribution in [2.24, 2.45) is 0 Å². The molecule has 1 unspecified atom stereocenters. The first-order valence-corrected chi connectivity index (χ1v) is 3.43. The van der Waals surface area contributed by atoms with E-state index in [-0.39, 0.29) is 0 Å². The fourth-order valence-electron chi connectivity index (χ4n) is 0.703. The summed E-state index contributed by atoms with van der Waals surface area (Å²) in [4.78, 5) is 0. The molecule has 1 atom stereocenters. The molecule has 2 nitrogen and oxygen atoms in total. The molecule has 0 aromatic rings. The van der Waals surface area contributed by atoms with Crippen LogP contribution in [0.15, 0.2) is 0 Å². The molecular formula is C8H15NO. The maximum Gasteiger partial charge on any atom is 0.0740 e. The van der Waals surface area contributed by atoms with Crippen molar-refractivity contribution >= 4 is 0 Å². The van der Waals surface area contributed by atoms with E-state index in [0.717, 1.165) is 6.54 Å². The lowest BCUT2D eigenvalue weighted by atomic mass is 9.99. The zero-order valence-corrected chi connectivity index (χ0v) is 6.65. The number of rotatable bonds is 4. The molecule has 0 aliphatic rings. The molecule has 0 aliphatic heterocycles. The Morgan fingerprint density at radius 3 is 2.70 bits per heavy atom. The maximum absolute atomic E-state index is 9.46. The standard InChI is InChI=1S/C8H15NO/c1-4-5-8(2,10)6-7-9-3/h1,9-10H,5-7H2,2-3H3. The number of nitrogens with one attached hydrogen (secondary N) is 1. The lowest BCUT2D eigenvalue weighted by molar-refractivity contribution is 0.0570. The summed E-state index contributed by atoms with van der Waals surface area (Å²) in [5, 5.41) is 12.4. The highest BCUT2D eigenvalue weighted by molar-refractivity contribution is 4.93. The first-order chi connectivity index (χ1) is 4.62. The van der Waals surface area contributed by atoms with Crippen LogP contribution in [-0.4, -0.2) is 24.3 Å². The Balaban J connectivity index is 3.55. The summed E-state index contributed by atoms with van der Waals surface area (Å²) in [6.45, 7) is 2.55. The van der Waals surface area contributed by atoms with Crippen molar-refractivity contribution in [2.45, 2.75) is 25.4 Å². The van der Waals surface area contributed by atoms with E-state index in [1.165, 1.54) is 0 Å². The molecule has 0 heterocycles. The average Bonchev–Trinajstić information content (AvgIpc) is 1.84. The first kappa shape index (κ1) is 9.48. The molecule has 0 amide bonds. The van der Waals surface area contributed by atoms with Crippen molar-refractivity contribution in [1.29, 1.82) is 0 Å². The van der Waals surface area contributed by atoms with E-state index >= 15 is 0 Å². The number of aliphatic hydroxyl groups is 1. The molecule has 0 aromatic heterocycles. The minimum Gasteiger partial charge on any atom is -0.389 e. The highest BCUT2D eigenvalue weighted by atomic mass is 16.3. The minimum absolute atomic E-state index is 0.425. The largest absolute Gasteiger partial charge is 0.389 e. The van der Waals surface area contributed by atoms with Crippen molar-refractivity contribution in [3.05, 3.63) is 0 Å². The molecule has 0 fully saturated rings. The van der Waals surface area contributed by atoms with Gasteiger partial charge in [-0.25, -0.2) is 0 Å². The zero-order chi connectivity index (χ0) is 8.04. The molecule has 2 N–H and O–H groups in total. The van der Waals surface area contributed by atoms with E-state index in [4.69, 9.17) is 6.42 Å². The second kappa shape index (κ2) is 4.32. The molecule has 0 spiro atoms. The van der Waals surface area contributed by atoms with Crippen LogP contribution in [0.1, 0.15) is 19.8 Å². The molecule has 0 rings (SSSR count). The Bertz CT molecular complexity index is 124. The topological polar surface area (TPSA) is 32.3 Å². The van der Waals surface area contributed by atoms with Gasteiger partial charge >= 0.3 is 0 Å². The lowest BCUT2D eigenvalue weighted by Gasteiger charge is -2.19. The van der Waals surface area contributed by atoms with Crippen molar-refractivity contribution in [3.63, 3.8) is 0 Å². The maximum atomic E-state index is 9.46. The molecule has 10 heavy (non-hydrogen) atoms. The third kappa shape index (κ3) is 4.37. The van der Waals surface area contributed by atoms with E-state index in [1.54, 1.807) is 6.92 Å². The van der Waals surface area contributed by atoms with Crippen LogP contribution in [-0.2, 0) is 0 Å². The van der Waals surface area contributed by atoms with Gasteiger partial charge in [-0.05, 0) is 26.9 Å². The average molecular weight is 141 g/mol. The zero-order valence-electron chi connectivity index (χ0n) is 6.65. The predicted octanol–water partition coefficient (Wildman–Crippen LogP) is 0.370. The number of hydrogen-bond acceptors (Lipinski definition) is 2. The van der Waals surface area contributed by atoms with Crippen LogP contribution < -0.4 is 5.32 Å². The predicted molar refractivity (Wildman–Crippen MR) is 42.6 cm³/mol. The van der Waals surface area contributed by atoms with E-state index in [1.807, 2.05) is 7.05 Å². The normalized spacial score (nSPS) is 15.8. The van der Waals surface area contributed by atoms with Gasteiger partial charge in [-0.3, -0.25) is 0 Å². The van der Waals surface area contributed by atoms with Gasteiger partial charge in [-0.2, -0.15) is 0 Å². The number of hydrogen-bond donors (Lipinski definition) is 2. The fraction of sp³-hybridized carbons (Fsp3) is 0.750. The molecule has 2 heteroatoms. The van der Waals surface area contributed by atoms with Gasteiger partial charge in [-0.15, -0.1) is 12.3 Å². The molecule has 0 saturated heterocycles. The Morgan fingerprint density at radius 1 is 1.70 bits per heavy atom. The summed E-state index contributed by atoms with van der Waals surface area (Å²) in [7, 11) is 1.85. The monoisotopic (exact) mass is 141 g/mol. The van der Waals surface area contributed by atoms with Crippen LogP contribution in [0.2, 0.25) is 0 Å².